The molecule has 4 rings (SSSR count). The molecule has 1 unspecified atom stereocenters. The van der Waals surface area contributed by atoms with Gasteiger partial charge in [-0.05, 0) is 74.5 Å². The molecule has 1 heterocycles. The van der Waals surface area contributed by atoms with Crippen molar-refractivity contribution < 1.29 is 51.6 Å². The molecule has 45 heavy (non-hydrogen) atoms. The van der Waals surface area contributed by atoms with E-state index in [1.807, 2.05) is 0 Å². The largest absolute Gasteiger partial charge is 0.480 e. The molecule has 1 amide bonds. The highest BCUT2D eigenvalue weighted by atomic mass is 35.5. The predicted octanol–water partition coefficient (Wildman–Crippen LogP) is 7.34. The summed E-state index contributed by atoms with van der Waals surface area (Å²) in [4.78, 5) is 39.2. The number of ether oxygens (including phenoxy) is 2. The number of aromatic nitrogens is 1. The number of alkyl halides is 3. The zero-order valence-electron chi connectivity index (χ0n) is 23.5. The van der Waals surface area contributed by atoms with Gasteiger partial charge in [-0.25, -0.2) is 19.0 Å². The Morgan fingerprint density at radius 1 is 0.867 bits per heavy atom. The smallest absolute Gasteiger partial charge is 0.417 e. The first-order chi connectivity index (χ1) is 21.2. The fraction of sp³-hybridized carbons (Fsp3) is 0.161. The van der Waals surface area contributed by atoms with E-state index in [1.54, 1.807) is 30.3 Å². The minimum absolute atomic E-state index is 0.00516. The van der Waals surface area contributed by atoms with E-state index in [2.05, 4.69) is 4.98 Å². The molecule has 0 bridgehead atoms. The number of pyridine rings is 1. The van der Waals surface area contributed by atoms with Gasteiger partial charge in [0.05, 0.1) is 10.6 Å². The number of nitrogens with zero attached hydrogens (tertiary/aromatic N) is 2. The molecule has 0 aliphatic carbocycles. The number of aliphatic carboxylic acids is 2. The van der Waals surface area contributed by atoms with Gasteiger partial charge in [0.1, 0.15) is 23.4 Å². The Balaban J connectivity index is 0.000000246. The lowest BCUT2D eigenvalue weighted by Gasteiger charge is -2.27. The summed E-state index contributed by atoms with van der Waals surface area (Å²) < 4.78 is 61.0. The van der Waals surface area contributed by atoms with Crippen molar-refractivity contribution >= 4 is 35.1 Å². The normalized spacial score (nSPS) is 12.2. The number of hydrogen-bond donors (Lipinski definition) is 2. The lowest BCUT2D eigenvalue weighted by atomic mass is 10.1. The molecule has 2 atom stereocenters. The molecule has 14 heteroatoms. The van der Waals surface area contributed by atoms with Crippen LogP contribution in [0, 0.1) is 5.82 Å². The quantitative estimate of drug-likeness (QED) is 0.181. The Labute approximate surface area is 259 Å². The summed E-state index contributed by atoms with van der Waals surface area (Å²) in [6.07, 6.45) is -4.77. The Kier molecular flexibility index (Phi) is 11.5. The van der Waals surface area contributed by atoms with Gasteiger partial charge in [0.25, 0.3) is 5.91 Å². The highest BCUT2D eigenvalue weighted by Gasteiger charge is 2.31. The molecule has 0 aliphatic rings. The van der Waals surface area contributed by atoms with Crippen molar-refractivity contribution in [3.63, 3.8) is 0 Å². The Hall–Kier alpha value is -5.17. The van der Waals surface area contributed by atoms with Gasteiger partial charge >= 0.3 is 18.1 Å². The van der Waals surface area contributed by atoms with E-state index in [0.29, 0.717) is 23.3 Å². The Morgan fingerprint density at radius 2 is 1.49 bits per heavy atom. The van der Waals surface area contributed by atoms with E-state index >= 15 is 0 Å². The van der Waals surface area contributed by atoms with Gasteiger partial charge in [0.2, 0.25) is 5.88 Å². The number of amides is 1. The molecule has 0 spiro atoms. The van der Waals surface area contributed by atoms with Crippen LogP contribution < -0.4 is 14.4 Å². The average Bonchev–Trinajstić information content (AvgIpc) is 3.00. The van der Waals surface area contributed by atoms with Crippen molar-refractivity contribution in [1.82, 2.24) is 4.98 Å². The first-order valence-corrected chi connectivity index (χ1v) is 13.3. The van der Waals surface area contributed by atoms with Crippen molar-refractivity contribution in [1.29, 1.82) is 0 Å². The second-order valence-electron chi connectivity index (χ2n) is 9.21. The summed E-state index contributed by atoms with van der Waals surface area (Å²) in [5.74, 6) is -2.76. The van der Waals surface area contributed by atoms with Crippen LogP contribution in [-0.4, -0.2) is 45.2 Å². The number of rotatable bonds is 9. The van der Waals surface area contributed by atoms with Gasteiger partial charge < -0.3 is 19.7 Å². The highest BCUT2D eigenvalue weighted by Crippen LogP contribution is 2.30. The number of carboxylic acids is 2. The molecule has 0 fully saturated rings. The monoisotopic (exact) mass is 648 g/mol. The summed E-state index contributed by atoms with van der Waals surface area (Å²) >= 11 is 5.73. The van der Waals surface area contributed by atoms with Crippen LogP contribution in [0.2, 0.25) is 5.02 Å². The van der Waals surface area contributed by atoms with Crippen LogP contribution in [0.25, 0.3) is 0 Å². The van der Waals surface area contributed by atoms with E-state index in [0.717, 1.165) is 23.1 Å². The van der Waals surface area contributed by atoms with Gasteiger partial charge in [-0.3, -0.25) is 9.69 Å². The molecule has 1 aromatic heterocycles. The van der Waals surface area contributed by atoms with Crippen LogP contribution in [-0.2, 0) is 15.8 Å². The third kappa shape index (κ3) is 9.66. The molecule has 0 saturated heterocycles. The second kappa shape index (κ2) is 15.0. The summed E-state index contributed by atoms with van der Waals surface area (Å²) in [7, 11) is 0. The van der Waals surface area contributed by atoms with Crippen LogP contribution >= 0.6 is 11.6 Å². The summed E-state index contributed by atoms with van der Waals surface area (Å²) in [6, 6.07) is 18.7. The third-order valence-electron chi connectivity index (χ3n) is 5.94. The number of benzene rings is 3. The van der Waals surface area contributed by atoms with Crippen LogP contribution in [0.3, 0.4) is 0 Å². The molecule has 0 radical (unpaired) electrons. The molecular formula is C31H25ClF4N2O7. The van der Waals surface area contributed by atoms with E-state index in [4.69, 9.17) is 26.2 Å². The van der Waals surface area contributed by atoms with Crippen molar-refractivity contribution in [3.05, 3.63) is 113 Å². The molecule has 4 aromatic rings. The highest BCUT2D eigenvalue weighted by molar-refractivity contribution is 6.31. The van der Waals surface area contributed by atoms with E-state index in [1.165, 1.54) is 50.2 Å². The van der Waals surface area contributed by atoms with Gasteiger partial charge in [-0.15, -0.1) is 0 Å². The lowest BCUT2D eigenvalue weighted by Crippen LogP contribution is -2.43. The zero-order valence-corrected chi connectivity index (χ0v) is 24.3. The Bertz CT molecular complexity index is 1620. The van der Waals surface area contributed by atoms with Gasteiger partial charge in [0.15, 0.2) is 6.10 Å². The summed E-state index contributed by atoms with van der Waals surface area (Å²) in [5.41, 5.74) is -0.317. The first-order valence-electron chi connectivity index (χ1n) is 12.9. The topological polar surface area (TPSA) is 126 Å². The van der Waals surface area contributed by atoms with Gasteiger partial charge in [-0.1, -0.05) is 29.8 Å². The SMILES string of the molecule is CC(Oc1ccc(Oc2ccc(C(F)(F)F)cn2)cc1)C(=O)O.C[C@@H](C(=O)O)N(C(=O)c1ccccc1)c1ccc(F)c(Cl)c1. The molecule has 0 aliphatic heterocycles. The number of carbonyl (C=O) groups is 3. The van der Waals surface area contributed by atoms with Crippen LogP contribution in [0.5, 0.6) is 17.4 Å². The average molecular weight is 649 g/mol. The van der Waals surface area contributed by atoms with Crippen molar-refractivity contribution in [2.24, 2.45) is 0 Å². The number of carboxylic acid groups (broad SMARTS) is 2. The fourth-order valence-corrected chi connectivity index (χ4v) is 3.73. The number of anilines is 1. The van der Waals surface area contributed by atoms with Crippen LogP contribution in [0.4, 0.5) is 23.2 Å². The molecule has 3 aromatic carbocycles. The maximum absolute atomic E-state index is 13.3. The summed E-state index contributed by atoms with van der Waals surface area (Å²) in [5, 5.41) is 17.8. The number of halogens is 5. The van der Waals surface area contributed by atoms with Crippen molar-refractivity contribution in [2.75, 3.05) is 4.90 Å². The third-order valence-corrected chi connectivity index (χ3v) is 6.23. The van der Waals surface area contributed by atoms with Crippen molar-refractivity contribution in [3.8, 4) is 17.4 Å². The number of hydrogen-bond acceptors (Lipinski definition) is 6. The fourth-order valence-electron chi connectivity index (χ4n) is 3.55. The minimum atomic E-state index is -4.45. The van der Waals surface area contributed by atoms with E-state index in [-0.39, 0.29) is 16.6 Å². The second-order valence-corrected chi connectivity index (χ2v) is 9.62. The van der Waals surface area contributed by atoms with E-state index < -0.39 is 47.5 Å². The zero-order chi connectivity index (χ0) is 33.3. The maximum Gasteiger partial charge on any atom is 0.417 e. The maximum atomic E-state index is 13.3. The molecular weight excluding hydrogens is 624 g/mol. The molecule has 2 N–H and O–H groups in total. The first kappa shape index (κ1) is 34.3. The predicted molar refractivity (Wildman–Crippen MR) is 155 cm³/mol. The van der Waals surface area contributed by atoms with Gasteiger partial charge in [-0.2, -0.15) is 13.2 Å². The molecule has 236 valence electrons. The molecule has 9 nitrogen and oxygen atoms in total. The molecule has 0 saturated carbocycles. The standard InChI is InChI=1S/C16H13ClFNO3.C15H12F3NO4/c1-10(16(21)22)19(12-7-8-14(18)13(17)9-12)15(20)11-5-3-2-4-6-11;1-9(14(20)21)22-11-3-5-12(6-4-11)23-13-7-2-10(8-19-13)15(16,17)18/h2-10H,1H3,(H,21,22);2-9H,1H3,(H,20,21)/t10-;/m0./s1. The number of carbonyl (C=O) groups excluding carboxylic acids is 1. The van der Waals surface area contributed by atoms with Crippen LogP contribution in [0.15, 0.2) is 91.1 Å². The Morgan fingerprint density at radius 3 is 2.00 bits per heavy atom. The van der Waals surface area contributed by atoms with Gasteiger partial charge in [0, 0.05) is 23.5 Å². The van der Waals surface area contributed by atoms with E-state index in [9.17, 15) is 37.1 Å². The lowest BCUT2D eigenvalue weighted by molar-refractivity contribution is -0.144. The minimum Gasteiger partial charge on any atom is -0.480 e. The van der Waals surface area contributed by atoms with Crippen LogP contribution in [0.1, 0.15) is 29.8 Å². The van der Waals surface area contributed by atoms with Crippen molar-refractivity contribution in [2.45, 2.75) is 32.2 Å². The summed E-state index contributed by atoms with van der Waals surface area (Å²) in [6.45, 7) is 2.76.